The van der Waals surface area contributed by atoms with Crippen LogP contribution in [-0.2, 0) is 6.42 Å². The smallest absolute Gasteiger partial charge is 0.163 e. The van der Waals surface area contributed by atoms with Gasteiger partial charge in [0.05, 0.1) is 5.69 Å². The fourth-order valence-corrected chi connectivity index (χ4v) is 2.68. The van der Waals surface area contributed by atoms with E-state index in [0.29, 0.717) is 12.8 Å². The number of hydrogen-bond donors (Lipinski definition) is 1. The van der Waals surface area contributed by atoms with Crippen molar-refractivity contribution >= 4 is 5.78 Å². The number of carbonyl (C=O) groups is 1. The Bertz CT molecular complexity index is 801. The molecule has 0 aliphatic carbocycles. The maximum absolute atomic E-state index is 12.3. The minimum absolute atomic E-state index is 0.167. The molecule has 3 heteroatoms. The second kappa shape index (κ2) is 6.61. The van der Waals surface area contributed by atoms with Crippen molar-refractivity contribution in [2.75, 3.05) is 0 Å². The minimum Gasteiger partial charge on any atom is -0.294 e. The molecule has 0 bridgehead atoms. The van der Waals surface area contributed by atoms with Crippen LogP contribution in [0.1, 0.15) is 33.6 Å². The molecule has 0 spiro atoms. The zero-order chi connectivity index (χ0) is 16.2. The Balaban J connectivity index is 1.71. The fraction of sp³-hybridized carbons (Fsp3) is 0.200. The highest BCUT2D eigenvalue weighted by molar-refractivity contribution is 5.96. The molecular weight excluding hydrogens is 284 g/mol. The first kappa shape index (κ1) is 15.2. The third-order valence-electron chi connectivity index (χ3n) is 4.13. The van der Waals surface area contributed by atoms with Gasteiger partial charge < -0.3 is 0 Å². The lowest BCUT2D eigenvalue weighted by Crippen LogP contribution is -2.02. The van der Waals surface area contributed by atoms with Gasteiger partial charge in [0.25, 0.3) is 0 Å². The van der Waals surface area contributed by atoms with Crippen molar-refractivity contribution in [2.24, 2.45) is 0 Å². The Hall–Kier alpha value is -2.68. The molecule has 1 heterocycles. The van der Waals surface area contributed by atoms with Crippen LogP contribution in [0.3, 0.4) is 0 Å². The third kappa shape index (κ3) is 3.39. The van der Waals surface area contributed by atoms with Crippen LogP contribution in [0.25, 0.3) is 11.3 Å². The summed E-state index contributed by atoms with van der Waals surface area (Å²) < 4.78 is 0. The summed E-state index contributed by atoms with van der Waals surface area (Å²) in [7, 11) is 0. The summed E-state index contributed by atoms with van der Waals surface area (Å²) in [6.07, 6.45) is 1.17. The van der Waals surface area contributed by atoms with Crippen LogP contribution in [0, 0.1) is 13.8 Å². The Morgan fingerprint density at radius 2 is 1.70 bits per heavy atom. The summed E-state index contributed by atoms with van der Waals surface area (Å²) in [4.78, 5) is 12.3. The van der Waals surface area contributed by atoms with E-state index in [-0.39, 0.29) is 5.78 Å². The minimum atomic E-state index is 0.167. The number of aromatic amines is 1. The average molecular weight is 304 g/mol. The van der Waals surface area contributed by atoms with E-state index in [2.05, 4.69) is 17.1 Å². The molecule has 0 aliphatic rings. The molecule has 0 aliphatic heterocycles. The number of nitrogens with one attached hydrogen (secondary N) is 1. The van der Waals surface area contributed by atoms with E-state index in [1.54, 1.807) is 0 Å². The van der Waals surface area contributed by atoms with E-state index in [1.807, 2.05) is 61.5 Å². The molecule has 1 N–H and O–H groups in total. The van der Waals surface area contributed by atoms with Gasteiger partial charge in [-0.2, -0.15) is 5.10 Å². The highest BCUT2D eigenvalue weighted by Crippen LogP contribution is 2.23. The van der Waals surface area contributed by atoms with E-state index in [0.717, 1.165) is 28.1 Å². The number of aromatic nitrogens is 2. The van der Waals surface area contributed by atoms with Crippen LogP contribution in [0.4, 0.5) is 0 Å². The van der Waals surface area contributed by atoms with Crippen molar-refractivity contribution in [1.82, 2.24) is 10.2 Å². The van der Waals surface area contributed by atoms with Crippen molar-refractivity contribution in [1.29, 1.82) is 0 Å². The van der Waals surface area contributed by atoms with Crippen molar-refractivity contribution in [3.05, 3.63) is 77.0 Å². The number of H-pyrrole nitrogens is 1. The molecule has 3 aromatic rings. The lowest BCUT2D eigenvalue weighted by Gasteiger charge is -2.02. The topological polar surface area (TPSA) is 45.8 Å². The number of benzene rings is 2. The van der Waals surface area contributed by atoms with Crippen LogP contribution in [0.15, 0.2) is 54.6 Å². The molecule has 0 saturated heterocycles. The molecule has 0 saturated carbocycles. The van der Waals surface area contributed by atoms with Crippen LogP contribution < -0.4 is 0 Å². The maximum Gasteiger partial charge on any atom is 0.163 e. The highest BCUT2D eigenvalue weighted by Gasteiger charge is 2.12. The number of carbonyl (C=O) groups excluding carboxylic acids is 1. The average Bonchev–Trinajstić information content (AvgIpc) is 2.95. The van der Waals surface area contributed by atoms with E-state index in [9.17, 15) is 4.79 Å². The summed E-state index contributed by atoms with van der Waals surface area (Å²) in [5, 5.41) is 7.50. The molecule has 3 rings (SSSR count). The Morgan fingerprint density at radius 1 is 1.00 bits per heavy atom. The fourth-order valence-electron chi connectivity index (χ4n) is 2.68. The summed E-state index contributed by atoms with van der Waals surface area (Å²) in [6.45, 7) is 4.07. The predicted octanol–water partition coefficient (Wildman–Crippen LogP) is 4.51. The number of hydrogen-bond acceptors (Lipinski definition) is 2. The number of nitrogens with zero attached hydrogens (tertiary/aromatic N) is 1. The van der Waals surface area contributed by atoms with Crippen molar-refractivity contribution in [3.63, 3.8) is 0 Å². The SMILES string of the molecule is Cc1ccc(C(=O)CCc2[nH]nc(-c3ccccc3)c2C)cc1. The molecule has 0 fully saturated rings. The Morgan fingerprint density at radius 3 is 2.39 bits per heavy atom. The van der Waals surface area contributed by atoms with E-state index >= 15 is 0 Å². The quantitative estimate of drug-likeness (QED) is 0.705. The van der Waals surface area contributed by atoms with Crippen LogP contribution in [-0.4, -0.2) is 16.0 Å². The van der Waals surface area contributed by atoms with Crippen LogP contribution in [0.5, 0.6) is 0 Å². The largest absolute Gasteiger partial charge is 0.294 e. The third-order valence-corrected chi connectivity index (χ3v) is 4.13. The summed E-state index contributed by atoms with van der Waals surface area (Å²) >= 11 is 0. The maximum atomic E-state index is 12.3. The number of rotatable bonds is 5. The van der Waals surface area contributed by atoms with Crippen molar-refractivity contribution in [3.8, 4) is 11.3 Å². The summed E-state index contributed by atoms with van der Waals surface area (Å²) in [5.41, 5.74) is 6.15. The molecule has 1 aromatic heterocycles. The Labute approximate surface area is 136 Å². The van der Waals surface area contributed by atoms with Gasteiger partial charge in [-0.05, 0) is 25.8 Å². The molecular formula is C20H20N2O. The lowest BCUT2D eigenvalue weighted by atomic mass is 10.0. The molecule has 0 unspecified atom stereocenters. The van der Waals surface area contributed by atoms with Gasteiger partial charge in [-0.15, -0.1) is 0 Å². The van der Waals surface area contributed by atoms with Gasteiger partial charge in [-0.25, -0.2) is 0 Å². The standard InChI is InChI=1S/C20H20N2O/c1-14-8-10-16(11-9-14)19(23)13-12-18-15(2)20(22-21-18)17-6-4-3-5-7-17/h3-11H,12-13H2,1-2H3,(H,21,22). The molecule has 0 amide bonds. The zero-order valence-corrected chi connectivity index (χ0v) is 13.5. The van der Waals surface area contributed by atoms with Gasteiger partial charge in [0.15, 0.2) is 5.78 Å². The monoisotopic (exact) mass is 304 g/mol. The van der Waals surface area contributed by atoms with Gasteiger partial charge in [-0.1, -0.05) is 60.2 Å². The first-order chi connectivity index (χ1) is 11.1. The normalized spacial score (nSPS) is 10.7. The second-order valence-electron chi connectivity index (χ2n) is 5.83. The van der Waals surface area contributed by atoms with Gasteiger partial charge >= 0.3 is 0 Å². The van der Waals surface area contributed by atoms with Gasteiger partial charge in [0.1, 0.15) is 0 Å². The molecule has 23 heavy (non-hydrogen) atoms. The lowest BCUT2D eigenvalue weighted by molar-refractivity contribution is 0.0982. The van der Waals surface area contributed by atoms with Crippen LogP contribution >= 0.6 is 0 Å². The molecule has 3 nitrogen and oxygen atoms in total. The van der Waals surface area contributed by atoms with E-state index in [1.165, 1.54) is 5.56 Å². The molecule has 0 atom stereocenters. The summed E-state index contributed by atoms with van der Waals surface area (Å²) in [6, 6.07) is 17.8. The van der Waals surface area contributed by atoms with Gasteiger partial charge in [0, 0.05) is 23.2 Å². The van der Waals surface area contributed by atoms with Crippen molar-refractivity contribution < 1.29 is 4.79 Å². The predicted molar refractivity (Wildman–Crippen MR) is 92.6 cm³/mol. The number of ketones is 1. The number of Topliss-reactive ketones (excluding diaryl/α,β-unsaturated/α-hetero) is 1. The highest BCUT2D eigenvalue weighted by atomic mass is 16.1. The van der Waals surface area contributed by atoms with E-state index in [4.69, 9.17) is 0 Å². The van der Waals surface area contributed by atoms with Crippen LogP contribution in [0.2, 0.25) is 0 Å². The zero-order valence-electron chi connectivity index (χ0n) is 13.5. The van der Waals surface area contributed by atoms with E-state index < -0.39 is 0 Å². The summed E-state index contributed by atoms with van der Waals surface area (Å²) in [5.74, 6) is 0.167. The molecule has 2 aromatic carbocycles. The number of aryl methyl sites for hydroxylation is 2. The Kier molecular flexibility index (Phi) is 4.38. The molecule has 116 valence electrons. The first-order valence-electron chi connectivity index (χ1n) is 7.84. The van der Waals surface area contributed by atoms with Gasteiger partial charge in [0.2, 0.25) is 0 Å². The van der Waals surface area contributed by atoms with Gasteiger partial charge in [-0.3, -0.25) is 9.89 Å². The molecule has 0 radical (unpaired) electrons. The first-order valence-corrected chi connectivity index (χ1v) is 7.84. The van der Waals surface area contributed by atoms with Crippen molar-refractivity contribution in [2.45, 2.75) is 26.7 Å². The second-order valence-corrected chi connectivity index (χ2v) is 5.83.